The zero-order valence-corrected chi connectivity index (χ0v) is 7.40. The predicted molar refractivity (Wildman–Crippen MR) is 47.2 cm³/mol. The Hall–Kier alpha value is -1.96. The van der Waals surface area contributed by atoms with Crippen LogP contribution in [-0.2, 0) is 5.67 Å². The summed E-state index contributed by atoms with van der Waals surface area (Å²) in [6.07, 6.45) is 0. The number of non-ortho nitro benzene ring substituents is 1. The molecular weight excluding hydrogens is 187 g/mol. The minimum absolute atomic E-state index is 0.00537. The Morgan fingerprint density at radius 1 is 1.64 bits per heavy atom. The number of nitro benzene ring substituents is 1. The van der Waals surface area contributed by atoms with Crippen molar-refractivity contribution in [2.24, 2.45) is 0 Å². The maximum atomic E-state index is 13.4. The molecule has 0 radical (unpaired) electrons. The summed E-state index contributed by atoms with van der Waals surface area (Å²) >= 11 is 0. The third-order valence-electron chi connectivity index (χ3n) is 1.81. The smallest absolute Gasteiger partial charge is 0.258 e. The fourth-order valence-electron chi connectivity index (χ4n) is 0.976. The van der Waals surface area contributed by atoms with Gasteiger partial charge in [-0.15, -0.1) is 0 Å². The van der Waals surface area contributed by atoms with Crippen LogP contribution in [0.25, 0.3) is 0 Å². The molecule has 0 spiro atoms. The molecule has 0 aliphatic heterocycles. The van der Waals surface area contributed by atoms with Gasteiger partial charge in [0.15, 0.2) is 0 Å². The molecule has 14 heavy (non-hydrogen) atoms. The van der Waals surface area contributed by atoms with Crippen molar-refractivity contribution in [1.29, 1.82) is 5.26 Å². The molecule has 0 bridgehead atoms. The van der Waals surface area contributed by atoms with E-state index in [1.807, 2.05) is 0 Å². The second kappa shape index (κ2) is 3.42. The van der Waals surface area contributed by atoms with Gasteiger partial charge in [0.2, 0.25) is 5.67 Å². The molecule has 1 aromatic rings. The summed E-state index contributed by atoms with van der Waals surface area (Å²) < 4.78 is 13.4. The third-order valence-corrected chi connectivity index (χ3v) is 1.81. The Morgan fingerprint density at radius 2 is 2.29 bits per heavy atom. The van der Waals surface area contributed by atoms with E-state index in [4.69, 9.17) is 5.26 Å². The van der Waals surface area contributed by atoms with E-state index in [0.717, 1.165) is 13.0 Å². The van der Waals surface area contributed by atoms with Gasteiger partial charge in [-0.3, -0.25) is 10.1 Å². The van der Waals surface area contributed by atoms with E-state index in [2.05, 4.69) is 0 Å². The minimum atomic E-state index is -2.19. The van der Waals surface area contributed by atoms with Crippen molar-refractivity contribution in [2.75, 3.05) is 0 Å². The van der Waals surface area contributed by atoms with E-state index < -0.39 is 10.6 Å². The first-order valence-electron chi connectivity index (χ1n) is 3.82. The van der Waals surface area contributed by atoms with Crippen LogP contribution in [0.5, 0.6) is 0 Å². The number of rotatable bonds is 2. The first-order valence-corrected chi connectivity index (χ1v) is 3.82. The molecule has 0 aromatic heterocycles. The summed E-state index contributed by atoms with van der Waals surface area (Å²) in [5.74, 6) is 0. The second-order valence-electron chi connectivity index (χ2n) is 2.92. The number of benzene rings is 1. The van der Waals surface area contributed by atoms with Crippen LogP contribution in [0.1, 0.15) is 12.5 Å². The standard InChI is InChI=1S/C9H7FN2O2/c1-9(10,6-11)7-3-2-4-8(5-7)12(13)14/h2-5H,1H3. The zero-order valence-electron chi connectivity index (χ0n) is 7.40. The average molecular weight is 194 g/mol. The van der Waals surface area contributed by atoms with Crippen molar-refractivity contribution in [1.82, 2.24) is 0 Å². The van der Waals surface area contributed by atoms with E-state index in [-0.39, 0.29) is 11.3 Å². The third kappa shape index (κ3) is 1.85. The van der Waals surface area contributed by atoms with Gasteiger partial charge < -0.3 is 0 Å². The Bertz CT molecular complexity index is 410. The van der Waals surface area contributed by atoms with E-state index >= 15 is 0 Å². The Balaban J connectivity index is 3.20. The lowest BCUT2D eigenvalue weighted by Gasteiger charge is -2.10. The summed E-state index contributed by atoms with van der Waals surface area (Å²) in [6, 6.07) is 6.43. The maximum absolute atomic E-state index is 13.4. The number of nitrogens with zero attached hydrogens (tertiary/aromatic N) is 2. The van der Waals surface area contributed by atoms with Gasteiger partial charge in [0.05, 0.1) is 4.92 Å². The fourth-order valence-corrected chi connectivity index (χ4v) is 0.976. The Morgan fingerprint density at radius 3 is 2.79 bits per heavy atom. The molecule has 0 aliphatic rings. The molecule has 1 unspecified atom stereocenters. The van der Waals surface area contributed by atoms with Crippen LogP contribution in [0.15, 0.2) is 24.3 Å². The van der Waals surface area contributed by atoms with Gasteiger partial charge >= 0.3 is 0 Å². The van der Waals surface area contributed by atoms with Gasteiger partial charge in [-0.25, -0.2) is 4.39 Å². The van der Waals surface area contributed by atoms with Crippen molar-refractivity contribution in [3.8, 4) is 6.07 Å². The molecule has 1 rings (SSSR count). The Labute approximate surface area is 79.7 Å². The van der Waals surface area contributed by atoms with Crippen molar-refractivity contribution in [3.63, 3.8) is 0 Å². The molecule has 5 heteroatoms. The summed E-state index contributed by atoms with van der Waals surface area (Å²) in [7, 11) is 0. The van der Waals surface area contributed by atoms with Crippen molar-refractivity contribution in [2.45, 2.75) is 12.6 Å². The highest BCUT2D eigenvalue weighted by molar-refractivity contribution is 5.39. The van der Waals surface area contributed by atoms with E-state index in [9.17, 15) is 14.5 Å². The number of hydrogen-bond acceptors (Lipinski definition) is 3. The van der Waals surface area contributed by atoms with Crippen LogP contribution in [0.3, 0.4) is 0 Å². The topological polar surface area (TPSA) is 66.9 Å². The first kappa shape index (κ1) is 10.1. The monoisotopic (exact) mass is 194 g/mol. The molecule has 0 aliphatic carbocycles. The molecule has 0 saturated heterocycles. The van der Waals surface area contributed by atoms with Gasteiger partial charge in [-0.05, 0) is 6.92 Å². The minimum Gasteiger partial charge on any atom is -0.258 e. The molecule has 4 nitrogen and oxygen atoms in total. The molecule has 1 aromatic carbocycles. The summed E-state index contributed by atoms with van der Waals surface area (Å²) in [5, 5.41) is 18.9. The highest BCUT2D eigenvalue weighted by Gasteiger charge is 2.26. The van der Waals surface area contributed by atoms with Crippen LogP contribution in [0.4, 0.5) is 10.1 Å². The lowest BCUT2D eigenvalue weighted by atomic mass is 9.99. The van der Waals surface area contributed by atoms with Gasteiger partial charge in [0.1, 0.15) is 6.07 Å². The lowest BCUT2D eigenvalue weighted by molar-refractivity contribution is -0.385. The van der Waals surface area contributed by atoms with Crippen LogP contribution in [0.2, 0.25) is 0 Å². The fraction of sp³-hybridized carbons (Fsp3) is 0.222. The van der Waals surface area contributed by atoms with Crippen molar-refractivity contribution < 1.29 is 9.31 Å². The lowest BCUT2D eigenvalue weighted by Crippen LogP contribution is -2.11. The molecular formula is C9H7FN2O2. The van der Waals surface area contributed by atoms with Crippen molar-refractivity contribution in [3.05, 3.63) is 39.9 Å². The van der Waals surface area contributed by atoms with Crippen molar-refractivity contribution >= 4 is 5.69 Å². The molecule has 0 amide bonds. The Kier molecular flexibility index (Phi) is 2.47. The number of hydrogen-bond donors (Lipinski definition) is 0. The quantitative estimate of drug-likeness (QED) is 0.535. The number of alkyl halides is 1. The number of nitriles is 1. The number of halogens is 1. The van der Waals surface area contributed by atoms with E-state index in [0.29, 0.717) is 0 Å². The second-order valence-corrected chi connectivity index (χ2v) is 2.92. The molecule has 0 saturated carbocycles. The van der Waals surface area contributed by atoms with Gasteiger partial charge in [-0.2, -0.15) is 5.26 Å². The van der Waals surface area contributed by atoms with Gasteiger partial charge in [-0.1, -0.05) is 12.1 Å². The molecule has 1 atom stereocenters. The van der Waals surface area contributed by atoms with Crippen LogP contribution < -0.4 is 0 Å². The SMILES string of the molecule is CC(F)(C#N)c1cccc([N+](=O)[O-])c1. The highest BCUT2D eigenvalue weighted by atomic mass is 19.1. The van der Waals surface area contributed by atoms with Gasteiger partial charge in [0.25, 0.3) is 5.69 Å². The van der Waals surface area contributed by atoms with Crippen LogP contribution in [0, 0.1) is 21.4 Å². The van der Waals surface area contributed by atoms with Crippen LogP contribution >= 0.6 is 0 Å². The highest BCUT2D eigenvalue weighted by Crippen LogP contribution is 2.27. The van der Waals surface area contributed by atoms with Gasteiger partial charge in [0, 0.05) is 17.7 Å². The summed E-state index contributed by atoms with van der Waals surface area (Å²) in [6.45, 7) is 1.06. The maximum Gasteiger partial charge on any atom is 0.269 e. The average Bonchev–Trinajstić information content (AvgIpc) is 2.18. The van der Waals surface area contributed by atoms with E-state index in [1.165, 1.54) is 24.3 Å². The first-order chi connectivity index (χ1) is 6.47. The zero-order chi connectivity index (χ0) is 10.8. The summed E-state index contributed by atoms with van der Waals surface area (Å²) in [5.41, 5.74) is -2.41. The summed E-state index contributed by atoms with van der Waals surface area (Å²) in [4.78, 5) is 9.74. The molecule has 0 fully saturated rings. The molecule has 0 heterocycles. The van der Waals surface area contributed by atoms with E-state index in [1.54, 1.807) is 0 Å². The molecule has 72 valence electrons. The van der Waals surface area contributed by atoms with Crippen LogP contribution in [-0.4, -0.2) is 4.92 Å². The largest absolute Gasteiger partial charge is 0.269 e. The number of nitro groups is 1. The molecule has 0 N–H and O–H groups in total. The normalized spacial score (nSPS) is 14.1. The predicted octanol–water partition coefficient (Wildman–Crippen LogP) is 2.30.